The molecule has 120 valence electrons. The van der Waals surface area contributed by atoms with Gasteiger partial charge in [0.25, 0.3) is 11.7 Å². The first-order valence-corrected chi connectivity index (χ1v) is 6.85. The molecule has 0 saturated heterocycles. The van der Waals surface area contributed by atoms with Crippen LogP contribution < -0.4 is 0 Å². The van der Waals surface area contributed by atoms with Crippen molar-refractivity contribution in [3.8, 4) is 6.07 Å². The maximum absolute atomic E-state index is 11.8. The highest BCUT2D eigenvalue weighted by Gasteiger charge is 2.19. The molecule has 1 atom stereocenters. The molecule has 2 aromatic carbocycles. The van der Waals surface area contributed by atoms with Crippen molar-refractivity contribution in [2.75, 3.05) is 0 Å². The Balaban J connectivity index is 1.96. The average Bonchev–Trinajstić information content (AvgIpc) is 2.61. The normalized spacial score (nSPS) is 11.6. The molecular weight excluding hydrogens is 312 g/mol. The van der Waals surface area contributed by atoms with E-state index in [0.717, 1.165) is 5.56 Å². The standard InChI is InChI=1S/C16H12N4O4/c17-10-15(16(21)24-11-12-4-2-1-3-5-12)19-18-13-6-8-14(9-7-13)20(22)23/h1-9,15H,11H2. The summed E-state index contributed by atoms with van der Waals surface area (Å²) in [6, 6.07) is 14.5. The molecule has 0 N–H and O–H groups in total. The molecule has 0 bridgehead atoms. The topological polar surface area (TPSA) is 118 Å². The van der Waals surface area contributed by atoms with Crippen LogP contribution in [0.25, 0.3) is 0 Å². The molecule has 0 amide bonds. The maximum atomic E-state index is 11.8. The molecule has 0 aliphatic carbocycles. The van der Waals surface area contributed by atoms with Gasteiger partial charge in [0, 0.05) is 12.1 Å². The first-order chi connectivity index (χ1) is 11.6. The lowest BCUT2D eigenvalue weighted by molar-refractivity contribution is -0.384. The van der Waals surface area contributed by atoms with E-state index in [0.29, 0.717) is 0 Å². The maximum Gasteiger partial charge on any atom is 0.348 e. The van der Waals surface area contributed by atoms with E-state index in [1.54, 1.807) is 30.3 Å². The van der Waals surface area contributed by atoms with Gasteiger partial charge in [-0.1, -0.05) is 30.3 Å². The van der Waals surface area contributed by atoms with Gasteiger partial charge in [0.15, 0.2) is 0 Å². The summed E-state index contributed by atoms with van der Waals surface area (Å²) in [4.78, 5) is 21.8. The second kappa shape index (κ2) is 8.14. The molecular formula is C16H12N4O4. The molecule has 0 fully saturated rings. The first-order valence-electron chi connectivity index (χ1n) is 6.85. The van der Waals surface area contributed by atoms with Crippen molar-refractivity contribution in [1.29, 1.82) is 5.26 Å². The lowest BCUT2D eigenvalue weighted by Crippen LogP contribution is -2.19. The van der Waals surface area contributed by atoms with Gasteiger partial charge < -0.3 is 4.74 Å². The Morgan fingerprint density at radius 3 is 2.46 bits per heavy atom. The van der Waals surface area contributed by atoms with Gasteiger partial charge in [-0.05, 0) is 17.7 Å². The van der Waals surface area contributed by atoms with Crippen LogP contribution in [-0.2, 0) is 16.1 Å². The van der Waals surface area contributed by atoms with Gasteiger partial charge >= 0.3 is 5.97 Å². The Bertz CT molecular complexity index is 782. The number of non-ortho nitro benzene ring substituents is 1. The number of nitro groups is 1. The van der Waals surface area contributed by atoms with Crippen LogP contribution in [0.3, 0.4) is 0 Å². The van der Waals surface area contributed by atoms with E-state index in [9.17, 15) is 14.9 Å². The van der Waals surface area contributed by atoms with E-state index in [1.807, 2.05) is 6.07 Å². The fourth-order valence-corrected chi connectivity index (χ4v) is 1.70. The third-order valence-electron chi connectivity index (χ3n) is 2.92. The average molecular weight is 324 g/mol. The summed E-state index contributed by atoms with van der Waals surface area (Å²) in [5, 5.41) is 26.9. The molecule has 2 rings (SSSR count). The molecule has 0 saturated carbocycles. The van der Waals surface area contributed by atoms with Gasteiger partial charge in [0.05, 0.1) is 10.6 Å². The fourth-order valence-electron chi connectivity index (χ4n) is 1.70. The third-order valence-corrected chi connectivity index (χ3v) is 2.92. The third kappa shape index (κ3) is 4.71. The zero-order chi connectivity index (χ0) is 17.4. The summed E-state index contributed by atoms with van der Waals surface area (Å²) in [5.41, 5.74) is 0.986. The molecule has 0 heterocycles. The van der Waals surface area contributed by atoms with Crippen LogP contribution >= 0.6 is 0 Å². The quantitative estimate of drug-likeness (QED) is 0.349. The number of nitro benzene ring substituents is 1. The predicted octanol–water partition coefficient (Wildman–Crippen LogP) is 3.31. The number of azo groups is 1. The van der Waals surface area contributed by atoms with Crippen molar-refractivity contribution in [2.45, 2.75) is 12.6 Å². The van der Waals surface area contributed by atoms with Crippen molar-refractivity contribution in [3.05, 3.63) is 70.3 Å². The van der Waals surface area contributed by atoms with Crippen molar-refractivity contribution < 1.29 is 14.5 Å². The highest BCUT2D eigenvalue weighted by atomic mass is 16.6. The first kappa shape index (κ1) is 16.8. The Kier molecular flexibility index (Phi) is 5.69. The number of rotatable bonds is 6. The van der Waals surface area contributed by atoms with Crippen molar-refractivity contribution in [3.63, 3.8) is 0 Å². The molecule has 0 radical (unpaired) electrons. The second-order valence-electron chi connectivity index (χ2n) is 4.61. The molecule has 0 aromatic heterocycles. The summed E-state index contributed by atoms with van der Waals surface area (Å²) in [6.45, 7) is 0.0326. The summed E-state index contributed by atoms with van der Waals surface area (Å²) in [6.07, 6.45) is 0. The van der Waals surface area contributed by atoms with Gasteiger partial charge in [-0.25, -0.2) is 4.79 Å². The molecule has 0 spiro atoms. The SMILES string of the molecule is N#CC(N=Nc1ccc([N+](=O)[O-])cc1)C(=O)OCc1ccccc1. The molecule has 0 aliphatic heterocycles. The van der Waals surface area contributed by atoms with Crippen LogP contribution in [-0.4, -0.2) is 16.9 Å². The van der Waals surface area contributed by atoms with Crippen LogP contribution in [0.4, 0.5) is 11.4 Å². The minimum Gasteiger partial charge on any atom is -0.458 e. The Labute approximate surface area is 137 Å². The summed E-state index contributed by atoms with van der Waals surface area (Å²) in [7, 11) is 0. The van der Waals surface area contributed by atoms with Crippen molar-refractivity contribution in [2.24, 2.45) is 10.2 Å². The number of ether oxygens (including phenoxy) is 1. The van der Waals surface area contributed by atoms with E-state index in [4.69, 9.17) is 10.00 Å². The van der Waals surface area contributed by atoms with E-state index in [1.165, 1.54) is 24.3 Å². The highest BCUT2D eigenvalue weighted by Crippen LogP contribution is 2.18. The molecule has 1 unspecified atom stereocenters. The molecule has 8 nitrogen and oxygen atoms in total. The summed E-state index contributed by atoms with van der Waals surface area (Å²) in [5.74, 6) is -0.813. The number of nitriles is 1. The molecule has 8 heteroatoms. The number of nitrogens with zero attached hydrogens (tertiary/aromatic N) is 4. The monoisotopic (exact) mass is 324 g/mol. The highest BCUT2D eigenvalue weighted by molar-refractivity contribution is 5.79. The summed E-state index contributed by atoms with van der Waals surface area (Å²) < 4.78 is 5.02. The Hall–Kier alpha value is -3.60. The minimum atomic E-state index is -1.40. The zero-order valence-corrected chi connectivity index (χ0v) is 12.4. The van der Waals surface area contributed by atoms with Crippen LogP contribution in [0.1, 0.15) is 5.56 Å². The number of esters is 1. The Morgan fingerprint density at radius 2 is 1.88 bits per heavy atom. The zero-order valence-electron chi connectivity index (χ0n) is 12.4. The van der Waals surface area contributed by atoms with Crippen molar-refractivity contribution in [1.82, 2.24) is 0 Å². The number of carbonyl (C=O) groups excluding carboxylic acids is 1. The summed E-state index contributed by atoms with van der Waals surface area (Å²) >= 11 is 0. The lowest BCUT2D eigenvalue weighted by atomic mass is 10.2. The number of benzene rings is 2. The van der Waals surface area contributed by atoms with Crippen LogP contribution in [0.15, 0.2) is 64.8 Å². The number of carbonyl (C=O) groups is 1. The largest absolute Gasteiger partial charge is 0.458 e. The predicted molar refractivity (Wildman–Crippen MR) is 83.3 cm³/mol. The Morgan fingerprint density at radius 1 is 1.21 bits per heavy atom. The molecule has 2 aromatic rings. The lowest BCUT2D eigenvalue weighted by Gasteiger charge is -2.05. The van der Waals surface area contributed by atoms with Gasteiger partial charge in [-0.15, -0.1) is 0 Å². The van der Waals surface area contributed by atoms with Crippen LogP contribution in [0, 0.1) is 21.4 Å². The van der Waals surface area contributed by atoms with E-state index < -0.39 is 16.9 Å². The van der Waals surface area contributed by atoms with Gasteiger partial charge in [0.2, 0.25) is 0 Å². The van der Waals surface area contributed by atoms with Gasteiger partial charge in [-0.2, -0.15) is 15.5 Å². The smallest absolute Gasteiger partial charge is 0.348 e. The van der Waals surface area contributed by atoms with Gasteiger partial charge in [-0.3, -0.25) is 10.1 Å². The molecule has 0 aliphatic rings. The molecule has 24 heavy (non-hydrogen) atoms. The number of hydrogen-bond acceptors (Lipinski definition) is 7. The van der Waals surface area contributed by atoms with Crippen LogP contribution in [0.2, 0.25) is 0 Å². The number of hydrogen-bond donors (Lipinski definition) is 0. The van der Waals surface area contributed by atoms with Crippen molar-refractivity contribution >= 4 is 17.3 Å². The van der Waals surface area contributed by atoms with E-state index in [2.05, 4.69) is 10.2 Å². The fraction of sp³-hybridized carbons (Fsp3) is 0.125. The second-order valence-corrected chi connectivity index (χ2v) is 4.61. The van der Waals surface area contributed by atoms with E-state index in [-0.39, 0.29) is 18.0 Å². The minimum absolute atomic E-state index is 0.0326. The van der Waals surface area contributed by atoms with E-state index >= 15 is 0 Å². The van der Waals surface area contributed by atoms with Gasteiger partial charge in [0.1, 0.15) is 12.7 Å². The van der Waals surface area contributed by atoms with Crippen LogP contribution in [0.5, 0.6) is 0 Å².